The third-order valence-electron chi connectivity index (χ3n) is 4.58. The zero-order chi connectivity index (χ0) is 18.6. The van der Waals surface area contributed by atoms with Gasteiger partial charge in [-0.3, -0.25) is 0 Å². The van der Waals surface area contributed by atoms with Crippen molar-refractivity contribution in [1.29, 1.82) is 0 Å². The van der Waals surface area contributed by atoms with Crippen LogP contribution in [0.4, 0.5) is 0 Å². The number of hydrogen-bond donors (Lipinski definition) is 1. The van der Waals surface area contributed by atoms with Gasteiger partial charge in [0, 0.05) is 11.1 Å². The maximum atomic E-state index is 5.99. The van der Waals surface area contributed by atoms with Crippen molar-refractivity contribution in [1.82, 2.24) is 10.2 Å². The van der Waals surface area contributed by atoms with Crippen LogP contribution in [-0.2, 0) is 0 Å². The van der Waals surface area contributed by atoms with Crippen LogP contribution < -0.4 is 5.32 Å². The molecule has 0 unspecified atom stereocenters. The average Bonchev–Trinajstić information content (AvgIpc) is 3.39. The summed E-state index contributed by atoms with van der Waals surface area (Å²) >= 11 is 1.77. The smallest absolute Gasteiger partial charge is 0.274 e. The van der Waals surface area contributed by atoms with Crippen molar-refractivity contribution >= 4 is 11.3 Å². The van der Waals surface area contributed by atoms with Crippen molar-refractivity contribution in [3.8, 4) is 11.5 Å². The summed E-state index contributed by atoms with van der Waals surface area (Å²) in [6, 6.07) is 23.2. The van der Waals surface area contributed by atoms with Gasteiger partial charge in [0.15, 0.2) is 6.04 Å². The number of nitrogens with two attached hydrogens (primary N) is 1. The summed E-state index contributed by atoms with van der Waals surface area (Å²) in [5.74, 6) is 1.21. The van der Waals surface area contributed by atoms with Crippen LogP contribution in [0.3, 0.4) is 0 Å². The molecule has 0 aliphatic heterocycles. The summed E-state index contributed by atoms with van der Waals surface area (Å²) in [5.41, 5.74) is 3.40. The van der Waals surface area contributed by atoms with Crippen LogP contribution in [0, 0.1) is 6.92 Å². The van der Waals surface area contributed by atoms with Gasteiger partial charge in [0.2, 0.25) is 5.89 Å². The van der Waals surface area contributed by atoms with Gasteiger partial charge < -0.3 is 9.73 Å². The molecule has 0 saturated carbocycles. The van der Waals surface area contributed by atoms with Crippen LogP contribution >= 0.6 is 11.3 Å². The molecule has 4 rings (SSSR count). The molecule has 0 bridgehead atoms. The molecule has 4 nitrogen and oxygen atoms in total. The fourth-order valence-electron chi connectivity index (χ4n) is 3.18. The first-order valence-electron chi connectivity index (χ1n) is 9.04. The average molecular weight is 377 g/mol. The van der Waals surface area contributed by atoms with E-state index in [4.69, 9.17) is 4.42 Å². The molecular formula is C22H22N3OS+. The third kappa shape index (κ3) is 3.99. The van der Waals surface area contributed by atoms with Gasteiger partial charge in [-0.2, -0.15) is 0 Å². The zero-order valence-corrected chi connectivity index (χ0v) is 16.2. The van der Waals surface area contributed by atoms with Gasteiger partial charge >= 0.3 is 0 Å². The van der Waals surface area contributed by atoms with Crippen molar-refractivity contribution < 1.29 is 9.73 Å². The number of thiophene rings is 1. The van der Waals surface area contributed by atoms with Gasteiger partial charge in [0.05, 0.1) is 4.88 Å². The van der Waals surface area contributed by atoms with Crippen LogP contribution in [0.1, 0.15) is 40.9 Å². The lowest BCUT2D eigenvalue weighted by Crippen LogP contribution is -2.85. The molecule has 136 valence electrons. The number of aromatic nitrogens is 2. The Bertz CT molecular complexity index is 995. The molecular weight excluding hydrogens is 354 g/mol. The molecule has 0 amide bonds. The minimum Gasteiger partial charge on any atom is -0.415 e. The highest BCUT2D eigenvalue weighted by atomic mass is 32.1. The Morgan fingerprint density at radius 2 is 1.81 bits per heavy atom. The molecule has 0 saturated heterocycles. The van der Waals surface area contributed by atoms with E-state index in [1.165, 1.54) is 16.0 Å². The highest BCUT2D eigenvalue weighted by Gasteiger charge is 2.25. The molecule has 0 fully saturated rings. The van der Waals surface area contributed by atoms with Crippen molar-refractivity contribution in [3.05, 3.63) is 94.0 Å². The highest BCUT2D eigenvalue weighted by molar-refractivity contribution is 7.10. The Morgan fingerprint density at radius 3 is 2.56 bits per heavy atom. The molecule has 0 aliphatic carbocycles. The predicted molar refractivity (Wildman–Crippen MR) is 107 cm³/mol. The fourth-order valence-corrected chi connectivity index (χ4v) is 4.02. The van der Waals surface area contributed by atoms with Gasteiger partial charge in [-0.05, 0) is 37.4 Å². The van der Waals surface area contributed by atoms with Crippen LogP contribution in [-0.4, -0.2) is 10.2 Å². The highest BCUT2D eigenvalue weighted by Crippen LogP contribution is 2.25. The SMILES string of the molecule is Cc1cccc(-c2nnc([C@@H](C)[NH2+][C@H](c3ccccc3)c3cccs3)o2)c1. The first-order chi connectivity index (χ1) is 13.2. The lowest BCUT2D eigenvalue weighted by atomic mass is 10.0. The second-order valence-electron chi connectivity index (χ2n) is 6.70. The standard InChI is InChI=1S/C22H21N3OS/c1-15-8-6-11-18(14-15)22-25-24-21(26-22)16(2)23-20(19-12-7-13-27-19)17-9-4-3-5-10-17/h3-14,16,20,23H,1-2H3/p+1/t16-,20-/m1/s1. The molecule has 27 heavy (non-hydrogen) atoms. The lowest BCUT2D eigenvalue weighted by Gasteiger charge is -2.17. The van der Waals surface area contributed by atoms with Gasteiger partial charge in [-0.15, -0.1) is 21.5 Å². The van der Waals surface area contributed by atoms with E-state index >= 15 is 0 Å². The largest absolute Gasteiger partial charge is 0.415 e. The molecule has 2 aromatic heterocycles. The van der Waals surface area contributed by atoms with Crippen molar-refractivity contribution in [2.75, 3.05) is 0 Å². The van der Waals surface area contributed by atoms with Crippen molar-refractivity contribution in [3.63, 3.8) is 0 Å². The Morgan fingerprint density at radius 1 is 0.963 bits per heavy atom. The molecule has 2 N–H and O–H groups in total. The molecule has 0 aliphatic rings. The zero-order valence-electron chi connectivity index (χ0n) is 15.4. The molecule has 0 spiro atoms. The van der Waals surface area contributed by atoms with Crippen molar-refractivity contribution in [2.45, 2.75) is 25.9 Å². The summed E-state index contributed by atoms with van der Waals surface area (Å²) in [7, 11) is 0. The monoisotopic (exact) mass is 376 g/mol. The first-order valence-corrected chi connectivity index (χ1v) is 9.92. The number of hydrogen-bond acceptors (Lipinski definition) is 4. The van der Waals surface area contributed by atoms with Gasteiger partial charge in [0.1, 0.15) is 6.04 Å². The van der Waals surface area contributed by atoms with Crippen LogP contribution in [0.5, 0.6) is 0 Å². The molecule has 0 radical (unpaired) electrons. The number of rotatable bonds is 6. The van der Waals surface area contributed by atoms with E-state index in [0.29, 0.717) is 11.8 Å². The van der Waals surface area contributed by atoms with E-state index < -0.39 is 0 Å². The van der Waals surface area contributed by atoms with E-state index in [1.54, 1.807) is 11.3 Å². The lowest BCUT2D eigenvalue weighted by molar-refractivity contribution is -0.725. The third-order valence-corrected chi connectivity index (χ3v) is 5.54. The van der Waals surface area contributed by atoms with E-state index in [1.807, 2.05) is 18.2 Å². The molecule has 2 heterocycles. The van der Waals surface area contributed by atoms with E-state index in [0.717, 1.165) is 5.56 Å². The maximum absolute atomic E-state index is 5.99. The second kappa shape index (κ2) is 7.86. The molecule has 2 atom stereocenters. The van der Waals surface area contributed by atoms with E-state index in [2.05, 4.69) is 83.3 Å². The van der Waals surface area contributed by atoms with Gasteiger partial charge in [0.25, 0.3) is 5.89 Å². The summed E-state index contributed by atoms with van der Waals surface area (Å²) < 4.78 is 5.99. The molecule has 5 heteroatoms. The summed E-state index contributed by atoms with van der Waals surface area (Å²) in [6.07, 6.45) is 0. The fraction of sp³-hybridized carbons (Fsp3) is 0.182. The molecule has 2 aromatic carbocycles. The Kier molecular flexibility index (Phi) is 5.14. The Labute approximate surface area is 162 Å². The number of aryl methyl sites for hydroxylation is 1. The minimum atomic E-state index is 0.0448. The number of nitrogens with zero attached hydrogens (tertiary/aromatic N) is 2. The van der Waals surface area contributed by atoms with Crippen molar-refractivity contribution in [2.24, 2.45) is 0 Å². The Hall–Kier alpha value is -2.76. The van der Waals surface area contributed by atoms with Crippen LogP contribution in [0.25, 0.3) is 11.5 Å². The molecule has 4 aromatic rings. The maximum Gasteiger partial charge on any atom is 0.274 e. The minimum absolute atomic E-state index is 0.0448. The first kappa shape index (κ1) is 17.6. The quantitative estimate of drug-likeness (QED) is 0.538. The summed E-state index contributed by atoms with van der Waals surface area (Å²) in [6.45, 7) is 4.17. The van der Waals surface area contributed by atoms with Crippen LogP contribution in [0.2, 0.25) is 0 Å². The number of quaternary nitrogens is 1. The normalized spacial score (nSPS) is 13.4. The predicted octanol–water partition coefficient (Wildman–Crippen LogP) is 4.52. The van der Waals surface area contributed by atoms with Gasteiger partial charge in [-0.1, -0.05) is 54.1 Å². The topological polar surface area (TPSA) is 55.5 Å². The summed E-state index contributed by atoms with van der Waals surface area (Å²) in [4.78, 5) is 1.31. The second-order valence-corrected chi connectivity index (χ2v) is 7.68. The Balaban J connectivity index is 1.58. The number of benzene rings is 2. The van der Waals surface area contributed by atoms with E-state index in [9.17, 15) is 0 Å². The van der Waals surface area contributed by atoms with Gasteiger partial charge in [-0.25, -0.2) is 0 Å². The van der Waals surface area contributed by atoms with E-state index in [-0.39, 0.29) is 12.1 Å². The van der Waals surface area contributed by atoms with Crippen LogP contribution in [0.15, 0.2) is 76.5 Å². The summed E-state index contributed by atoms with van der Waals surface area (Å²) in [5, 5.41) is 13.0.